The molecule has 1 amide bonds. The first kappa shape index (κ1) is 15.8. The third kappa shape index (κ3) is 5.59. The maximum atomic E-state index is 11.9. The van der Waals surface area contributed by atoms with Crippen LogP contribution in [-0.2, 0) is 0 Å². The summed E-state index contributed by atoms with van der Waals surface area (Å²) in [7, 11) is 0. The molecule has 0 spiro atoms. The molecule has 0 bridgehead atoms. The van der Waals surface area contributed by atoms with Gasteiger partial charge >= 0.3 is 0 Å². The van der Waals surface area contributed by atoms with Gasteiger partial charge in [0.05, 0.1) is 10.6 Å². The van der Waals surface area contributed by atoms with Crippen molar-refractivity contribution in [3.05, 3.63) is 33.3 Å². The van der Waals surface area contributed by atoms with Crippen LogP contribution in [0.15, 0.2) is 22.7 Å². The number of halogens is 3. The van der Waals surface area contributed by atoms with E-state index in [4.69, 9.17) is 23.2 Å². The van der Waals surface area contributed by atoms with Gasteiger partial charge in [-0.2, -0.15) is 0 Å². The molecule has 0 unspecified atom stereocenters. The molecule has 0 heterocycles. The van der Waals surface area contributed by atoms with Crippen LogP contribution in [0.5, 0.6) is 0 Å². The summed E-state index contributed by atoms with van der Waals surface area (Å²) in [5, 5.41) is 3.34. The highest BCUT2D eigenvalue weighted by molar-refractivity contribution is 9.10. The van der Waals surface area contributed by atoms with Crippen molar-refractivity contribution in [3.63, 3.8) is 0 Å². The van der Waals surface area contributed by atoms with Gasteiger partial charge in [-0.05, 0) is 31.0 Å². The zero-order valence-corrected chi connectivity index (χ0v) is 13.1. The van der Waals surface area contributed by atoms with Crippen LogP contribution in [0.4, 0.5) is 0 Å². The Kier molecular flexibility index (Phi) is 7.71. The molecule has 0 aliphatic rings. The lowest BCUT2D eigenvalue weighted by Crippen LogP contribution is -2.24. The molecule has 0 aromatic heterocycles. The van der Waals surface area contributed by atoms with Crippen LogP contribution in [0.2, 0.25) is 5.02 Å². The van der Waals surface area contributed by atoms with Crippen LogP contribution in [0.25, 0.3) is 0 Å². The minimum atomic E-state index is -0.126. The van der Waals surface area contributed by atoms with Crippen molar-refractivity contribution >= 4 is 45.0 Å². The van der Waals surface area contributed by atoms with E-state index in [1.165, 1.54) is 0 Å². The molecule has 18 heavy (non-hydrogen) atoms. The number of benzene rings is 1. The Balaban J connectivity index is 2.34. The molecule has 1 N–H and O–H groups in total. The molecule has 1 aromatic carbocycles. The highest BCUT2D eigenvalue weighted by Gasteiger charge is 2.09. The molecule has 0 aliphatic carbocycles. The number of rotatable bonds is 7. The van der Waals surface area contributed by atoms with E-state index in [0.29, 0.717) is 23.0 Å². The van der Waals surface area contributed by atoms with E-state index in [2.05, 4.69) is 21.2 Å². The second kappa shape index (κ2) is 8.78. The number of carbonyl (C=O) groups is 1. The molecule has 1 rings (SSSR count). The first-order valence-corrected chi connectivity index (χ1v) is 7.65. The zero-order valence-electron chi connectivity index (χ0n) is 10.0. The van der Waals surface area contributed by atoms with Gasteiger partial charge in [-0.15, -0.1) is 11.6 Å². The van der Waals surface area contributed by atoms with E-state index < -0.39 is 0 Å². The topological polar surface area (TPSA) is 29.1 Å². The predicted molar refractivity (Wildman–Crippen MR) is 80.7 cm³/mol. The Labute approximate surface area is 126 Å². The second-order valence-corrected chi connectivity index (χ2v) is 5.68. The van der Waals surface area contributed by atoms with Crippen LogP contribution in [0.3, 0.4) is 0 Å². The van der Waals surface area contributed by atoms with E-state index in [1.807, 2.05) is 6.07 Å². The summed E-state index contributed by atoms with van der Waals surface area (Å²) in [6.07, 6.45) is 4.19. The van der Waals surface area contributed by atoms with E-state index in [-0.39, 0.29) is 5.91 Å². The van der Waals surface area contributed by atoms with E-state index in [1.54, 1.807) is 12.1 Å². The lowest BCUT2D eigenvalue weighted by molar-refractivity contribution is 0.0953. The third-order valence-electron chi connectivity index (χ3n) is 2.52. The predicted octanol–water partition coefficient (Wildman–Crippen LogP) is 4.63. The smallest absolute Gasteiger partial charge is 0.252 e. The first-order chi connectivity index (χ1) is 8.65. The van der Waals surface area contributed by atoms with Gasteiger partial charge in [0, 0.05) is 16.9 Å². The Morgan fingerprint density at radius 1 is 1.22 bits per heavy atom. The summed E-state index contributed by atoms with van der Waals surface area (Å²) < 4.78 is 0.846. The van der Waals surface area contributed by atoms with Crippen molar-refractivity contribution in [2.75, 3.05) is 12.4 Å². The minimum Gasteiger partial charge on any atom is -0.352 e. The van der Waals surface area contributed by atoms with Crippen LogP contribution in [0, 0.1) is 0 Å². The van der Waals surface area contributed by atoms with Gasteiger partial charge in [0.1, 0.15) is 0 Å². The maximum Gasteiger partial charge on any atom is 0.252 e. The standard InChI is InChI=1S/C13H16BrCl2NO/c14-10-5-6-12(16)11(9-10)13(18)17-8-4-2-1-3-7-15/h5-6,9H,1-4,7-8H2,(H,17,18). The molecule has 2 nitrogen and oxygen atoms in total. The van der Waals surface area contributed by atoms with Crippen LogP contribution < -0.4 is 5.32 Å². The fourth-order valence-corrected chi connectivity index (χ4v) is 2.30. The number of hydrogen-bond acceptors (Lipinski definition) is 1. The van der Waals surface area contributed by atoms with Crippen molar-refractivity contribution in [2.45, 2.75) is 25.7 Å². The molecule has 0 aliphatic heterocycles. The van der Waals surface area contributed by atoms with E-state index in [0.717, 1.165) is 30.2 Å². The molecule has 1 aromatic rings. The molecule has 0 saturated carbocycles. The van der Waals surface area contributed by atoms with Gasteiger partial charge in [-0.25, -0.2) is 0 Å². The van der Waals surface area contributed by atoms with E-state index >= 15 is 0 Å². The average molecular weight is 353 g/mol. The number of nitrogens with one attached hydrogen (secondary N) is 1. The van der Waals surface area contributed by atoms with Crippen molar-refractivity contribution in [1.29, 1.82) is 0 Å². The van der Waals surface area contributed by atoms with Crippen molar-refractivity contribution < 1.29 is 4.79 Å². The number of hydrogen-bond donors (Lipinski definition) is 1. The lowest BCUT2D eigenvalue weighted by atomic mass is 10.2. The highest BCUT2D eigenvalue weighted by Crippen LogP contribution is 2.20. The van der Waals surface area contributed by atoms with Crippen LogP contribution in [0.1, 0.15) is 36.0 Å². The number of alkyl halides is 1. The summed E-state index contributed by atoms with van der Waals surface area (Å²) >= 11 is 14.9. The maximum absolute atomic E-state index is 11.9. The summed E-state index contributed by atoms with van der Waals surface area (Å²) in [4.78, 5) is 11.9. The Bertz CT molecular complexity index is 399. The molecular weight excluding hydrogens is 337 g/mol. The molecule has 0 radical (unpaired) electrons. The quantitative estimate of drug-likeness (QED) is 0.562. The summed E-state index contributed by atoms with van der Waals surface area (Å²) in [6, 6.07) is 5.25. The van der Waals surface area contributed by atoms with Gasteiger partial charge in [-0.1, -0.05) is 40.4 Å². The van der Waals surface area contributed by atoms with Crippen LogP contribution >= 0.6 is 39.1 Å². The molecule has 5 heteroatoms. The van der Waals surface area contributed by atoms with Crippen molar-refractivity contribution in [1.82, 2.24) is 5.32 Å². The van der Waals surface area contributed by atoms with Gasteiger partial charge < -0.3 is 5.32 Å². The number of unbranched alkanes of at least 4 members (excludes halogenated alkanes) is 3. The van der Waals surface area contributed by atoms with Gasteiger partial charge in [0.2, 0.25) is 0 Å². The Morgan fingerprint density at radius 3 is 2.67 bits per heavy atom. The van der Waals surface area contributed by atoms with Crippen molar-refractivity contribution in [3.8, 4) is 0 Å². The minimum absolute atomic E-state index is 0.126. The normalized spacial score (nSPS) is 10.4. The summed E-state index contributed by atoms with van der Waals surface area (Å²) in [5.41, 5.74) is 0.506. The number of carbonyl (C=O) groups excluding carboxylic acids is 1. The van der Waals surface area contributed by atoms with Gasteiger partial charge in [-0.3, -0.25) is 4.79 Å². The largest absolute Gasteiger partial charge is 0.352 e. The monoisotopic (exact) mass is 351 g/mol. The van der Waals surface area contributed by atoms with Crippen LogP contribution in [-0.4, -0.2) is 18.3 Å². The molecule has 0 atom stereocenters. The third-order valence-corrected chi connectivity index (χ3v) is 3.61. The Morgan fingerprint density at radius 2 is 1.94 bits per heavy atom. The molecule has 0 fully saturated rings. The fraction of sp³-hybridized carbons (Fsp3) is 0.462. The summed E-state index contributed by atoms with van der Waals surface area (Å²) in [5.74, 6) is 0.582. The zero-order chi connectivity index (χ0) is 13.4. The Hall–Kier alpha value is -0.250. The van der Waals surface area contributed by atoms with Gasteiger partial charge in [0.15, 0.2) is 0 Å². The van der Waals surface area contributed by atoms with Gasteiger partial charge in [0.25, 0.3) is 5.91 Å². The fourth-order valence-electron chi connectivity index (χ4n) is 1.54. The molecule has 100 valence electrons. The SMILES string of the molecule is O=C(NCCCCCCCl)c1cc(Br)ccc1Cl. The average Bonchev–Trinajstić information content (AvgIpc) is 2.36. The number of amides is 1. The molecular formula is C13H16BrCl2NO. The highest BCUT2D eigenvalue weighted by atomic mass is 79.9. The van der Waals surface area contributed by atoms with Crippen molar-refractivity contribution in [2.24, 2.45) is 0 Å². The lowest BCUT2D eigenvalue weighted by Gasteiger charge is -2.07. The second-order valence-electron chi connectivity index (χ2n) is 3.98. The molecule has 0 saturated heterocycles. The first-order valence-electron chi connectivity index (χ1n) is 5.94. The van der Waals surface area contributed by atoms with E-state index in [9.17, 15) is 4.79 Å². The summed E-state index contributed by atoms with van der Waals surface area (Å²) in [6.45, 7) is 0.671.